The fourth-order valence-electron chi connectivity index (χ4n) is 2.50. The molecule has 0 bridgehead atoms. The van der Waals surface area contributed by atoms with Crippen LogP contribution >= 0.6 is 0 Å². The predicted molar refractivity (Wildman–Crippen MR) is 92.5 cm³/mol. The molecule has 1 saturated heterocycles. The fourth-order valence-corrected chi connectivity index (χ4v) is 2.50. The molecule has 1 amide bonds. The smallest absolute Gasteiger partial charge is 0.411 e. The van der Waals surface area contributed by atoms with Crippen molar-refractivity contribution in [2.24, 2.45) is 0 Å². The highest BCUT2D eigenvalue weighted by molar-refractivity contribution is 5.89. The first kappa shape index (κ1) is 19.2. The van der Waals surface area contributed by atoms with Crippen molar-refractivity contribution in [2.75, 3.05) is 6.54 Å². The van der Waals surface area contributed by atoms with Gasteiger partial charge in [-0.15, -0.1) is 6.42 Å². The van der Waals surface area contributed by atoms with Gasteiger partial charge in [-0.25, -0.2) is 9.59 Å². The third-order valence-electron chi connectivity index (χ3n) is 3.67. The number of hydrogen-bond donors (Lipinski definition) is 0. The number of nitro benzene ring substituents is 1. The van der Waals surface area contributed by atoms with Crippen LogP contribution in [0.3, 0.4) is 0 Å². The molecule has 1 aromatic carbocycles. The Hall–Kier alpha value is -3.08. The van der Waals surface area contributed by atoms with Gasteiger partial charge in [-0.2, -0.15) is 0 Å². The lowest BCUT2D eigenvalue weighted by Crippen LogP contribution is -2.39. The van der Waals surface area contributed by atoms with E-state index in [0.29, 0.717) is 6.42 Å². The van der Waals surface area contributed by atoms with Crippen LogP contribution in [0.4, 0.5) is 10.5 Å². The zero-order chi connectivity index (χ0) is 19.5. The van der Waals surface area contributed by atoms with Crippen LogP contribution < -0.4 is 0 Å². The molecule has 1 fully saturated rings. The molecule has 0 N–H and O–H groups in total. The highest BCUT2D eigenvalue weighted by atomic mass is 16.6. The average molecular weight is 360 g/mol. The Morgan fingerprint density at radius 3 is 2.42 bits per heavy atom. The second kappa shape index (κ2) is 7.44. The Morgan fingerprint density at radius 1 is 1.31 bits per heavy atom. The molecule has 8 nitrogen and oxygen atoms in total. The van der Waals surface area contributed by atoms with Crippen LogP contribution in [0.15, 0.2) is 24.3 Å². The van der Waals surface area contributed by atoms with Gasteiger partial charge in [-0.3, -0.25) is 15.0 Å². The van der Waals surface area contributed by atoms with Gasteiger partial charge in [0.15, 0.2) is 0 Å². The van der Waals surface area contributed by atoms with Crippen LogP contribution in [0.5, 0.6) is 0 Å². The molecule has 2 rings (SSSR count). The van der Waals surface area contributed by atoms with Crippen molar-refractivity contribution in [3.63, 3.8) is 0 Å². The molecule has 0 aromatic heterocycles. The van der Waals surface area contributed by atoms with Gasteiger partial charge < -0.3 is 9.47 Å². The minimum Gasteiger partial charge on any atom is -0.457 e. The summed E-state index contributed by atoms with van der Waals surface area (Å²) < 4.78 is 10.7. The van der Waals surface area contributed by atoms with E-state index in [9.17, 15) is 19.7 Å². The highest BCUT2D eigenvalue weighted by Gasteiger charge is 2.38. The largest absolute Gasteiger partial charge is 0.457 e. The van der Waals surface area contributed by atoms with E-state index in [1.807, 2.05) is 0 Å². The quantitative estimate of drug-likeness (QED) is 0.356. The number of nitrogens with zero attached hydrogens (tertiary/aromatic N) is 2. The van der Waals surface area contributed by atoms with Gasteiger partial charge in [0, 0.05) is 18.6 Å². The maximum atomic E-state index is 12.2. The lowest BCUT2D eigenvalue weighted by atomic mass is 10.2. The Bertz CT molecular complexity index is 744. The molecule has 0 unspecified atom stereocenters. The Labute approximate surface area is 151 Å². The molecule has 0 radical (unpaired) electrons. The minimum atomic E-state index is -0.663. The predicted octanol–water partition coefficient (Wildman–Crippen LogP) is 2.76. The molecule has 138 valence electrons. The first-order chi connectivity index (χ1) is 12.1. The summed E-state index contributed by atoms with van der Waals surface area (Å²) in [6, 6.07) is 4.56. The Morgan fingerprint density at radius 2 is 1.92 bits per heavy atom. The molecule has 1 aromatic rings. The molecular formula is C18H20N2O6. The maximum Gasteiger partial charge on any atom is 0.411 e. The number of nitro groups is 1. The van der Waals surface area contributed by atoms with E-state index in [4.69, 9.17) is 15.9 Å². The van der Waals surface area contributed by atoms with Gasteiger partial charge in [0.25, 0.3) is 5.69 Å². The van der Waals surface area contributed by atoms with Crippen molar-refractivity contribution in [1.29, 1.82) is 0 Å². The molecule has 8 heteroatoms. The van der Waals surface area contributed by atoms with E-state index in [0.717, 1.165) is 0 Å². The summed E-state index contributed by atoms with van der Waals surface area (Å²) in [5.74, 6) is 1.87. The molecule has 1 aliphatic rings. The summed E-state index contributed by atoms with van der Waals surface area (Å²) in [4.78, 5) is 35.9. The first-order valence-electron chi connectivity index (χ1n) is 8.02. The number of ether oxygens (including phenoxy) is 2. The maximum absolute atomic E-state index is 12.2. The van der Waals surface area contributed by atoms with E-state index in [-0.39, 0.29) is 17.8 Å². The van der Waals surface area contributed by atoms with Crippen molar-refractivity contribution in [3.05, 3.63) is 39.9 Å². The van der Waals surface area contributed by atoms with Crippen LogP contribution in [-0.4, -0.2) is 46.2 Å². The normalized spacial score (nSPS) is 19.5. The number of rotatable bonds is 3. The summed E-state index contributed by atoms with van der Waals surface area (Å²) in [6.45, 7) is 5.37. The van der Waals surface area contributed by atoms with Crippen molar-refractivity contribution < 1.29 is 24.0 Å². The Balaban J connectivity index is 2.02. The Kier molecular flexibility index (Phi) is 5.50. The summed E-state index contributed by atoms with van der Waals surface area (Å²) >= 11 is 0. The van der Waals surface area contributed by atoms with E-state index < -0.39 is 34.7 Å². The molecule has 0 aliphatic carbocycles. The highest BCUT2D eigenvalue weighted by Crippen LogP contribution is 2.24. The van der Waals surface area contributed by atoms with Crippen molar-refractivity contribution in [2.45, 2.75) is 44.9 Å². The van der Waals surface area contributed by atoms with Gasteiger partial charge >= 0.3 is 12.1 Å². The van der Waals surface area contributed by atoms with Gasteiger partial charge in [-0.05, 0) is 32.9 Å². The third kappa shape index (κ3) is 4.72. The molecule has 26 heavy (non-hydrogen) atoms. The van der Waals surface area contributed by atoms with E-state index in [1.54, 1.807) is 20.8 Å². The minimum absolute atomic E-state index is 0.120. The number of likely N-dealkylation sites (tertiary alicyclic amines) is 1. The molecule has 0 saturated carbocycles. The second-order valence-corrected chi connectivity index (χ2v) is 6.88. The van der Waals surface area contributed by atoms with Crippen molar-refractivity contribution in [3.8, 4) is 12.3 Å². The van der Waals surface area contributed by atoms with Gasteiger partial charge in [-0.1, -0.05) is 5.92 Å². The summed E-state index contributed by atoms with van der Waals surface area (Å²) in [5, 5.41) is 10.7. The lowest BCUT2D eigenvalue weighted by molar-refractivity contribution is -0.384. The van der Waals surface area contributed by atoms with Crippen molar-refractivity contribution in [1.82, 2.24) is 4.90 Å². The van der Waals surface area contributed by atoms with Crippen LogP contribution in [0.2, 0.25) is 0 Å². The standard InChI is InChI=1S/C18H20N2O6/c1-5-13-10-15(11-19(13)17(22)26-18(2,3)4)25-16(21)12-6-8-14(9-7-12)20(23)24/h1,6-9,13,15H,10-11H2,2-4H3/t13-,15-/m0/s1. The first-order valence-corrected chi connectivity index (χ1v) is 8.02. The van der Waals surface area contributed by atoms with Crippen LogP contribution in [-0.2, 0) is 9.47 Å². The number of terminal acetylenes is 1. The summed E-state index contributed by atoms with van der Waals surface area (Å²) in [6.07, 6.45) is 4.63. The van der Waals surface area contributed by atoms with E-state index in [1.165, 1.54) is 29.2 Å². The molecule has 1 heterocycles. The zero-order valence-corrected chi connectivity index (χ0v) is 14.8. The number of esters is 1. The average Bonchev–Trinajstić information content (AvgIpc) is 2.96. The molecule has 0 spiro atoms. The monoisotopic (exact) mass is 360 g/mol. The third-order valence-corrected chi connectivity index (χ3v) is 3.67. The van der Waals surface area contributed by atoms with E-state index >= 15 is 0 Å². The molecule has 2 atom stereocenters. The summed E-state index contributed by atoms with van der Waals surface area (Å²) in [7, 11) is 0. The van der Waals surface area contributed by atoms with Crippen LogP contribution in [0, 0.1) is 22.5 Å². The second-order valence-electron chi connectivity index (χ2n) is 6.88. The van der Waals surface area contributed by atoms with Gasteiger partial charge in [0.2, 0.25) is 0 Å². The zero-order valence-electron chi connectivity index (χ0n) is 14.8. The van der Waals surface area contributed by atoms with Crippen LogP contribution in [0.25, 0.3) is 0 Å². The topological polar surface area (TPSA) is 99.0 Å². The number of carbonyl (C=O) groups excluding carboxylic acids is 2. The van der Waals surface area contributed by atoms with Gasteiger partial charge in [0.05, 0.1) is 23.1 Å². The number of carbonyl (C=O) groups is 2. The number of amides is 1. The number of hydrogen-bond acceptors (Lipinski definition) is 6. The molecular weight excluding hydrogens is 340 g/mol. The fraction of sp³-hybridized carbons (Fsp3) is 0.444. The molecule has 1 aliphatic heterocycles. The summed E-state index contributed by atoms with van der Waals surface area (Å²) in [5.41, 5.74) is -0.599. The van der Waals surface area contributed by atoms with E-state index in [2.05, 4.69) is 5.92 Å². The number of non-ortho nitro benzene ring substituents is 1. The van der Waals surface area contributed by atoms with Gasteiger partial charge in [0.1, 0.15) is 11.7 Å². The number of benzene rings is 1. The SMILES string of the molecule is C#C[C@H]1C[C@H](OC(=O)c2ccc([N+](=O)[O-])cc2)CN1C(=O)OC(C)(C)C. The van der Waals surface area contributed by atoms with Crippen molar-refractivity contribution >= 4 is 17.7 Å². The lowest BCUT2D eigenvalue weighted by Gasteiger charge is -2.26. The van der Waals surface area contributed by atoms with Crippen LogP contribution in [0.1, 0.15) is 37.6 Å².